The summed E-state index contributed by atoms with van der Waals surface area (Å²) >= 11 is 0. The van der Waals surface area contributed by atoms with Gasteiger partial charge in [-0.1, -0.05) is 18.2 Å². The number of ether oxygens (including phenoxy) is 3. The molecule has 8 nitrogen and oxygen atoms in total. The quantitative estimate of drug-likeness (QED) is 0.307. The third-order valence-corrected chi connectivity index (χ3v) is 6.31. The first-order valence-corrected chi connectivity index (χ1v) is 11.7. The molecule has 0 bridgehead atoms. The normalized spacial score (nSPS) is 14.6. The van der Waals surface area contributed by atoms with Crippen molar-refractivity contribution in [3.05, 3.63) is 95.9 Å². The number of benzene rings is 3. The Balaban J connectivity index is 1.23. The van der Waals surface area contributed by atoms with Crippen LogP contribution in [0, 0.1) is 0 Å². The van der Waals surface area contributed by atoms with E-state index in [2.05, 4.69) is 14.5 Å². The number of rotatable bonds is 6. The third-order valence-electron chi connectivity index (χ3n) is 6.31. The molecule has 0 radical (unpaired) electrons. The topological polar surface area (TPSA) is 110 Å². The van der Waals surface area contributed by atoms with E-state index in [4.69, 9.17) is 25.7 Å². The van der Waals surface area contributed by atoms with Gasteiger partial charge in [0.1, 0.15) is 41.2 Å². The maximum absolute atomic E-state index is 6.26. The summed E-state index contributed by atoms with van der Waals surface area (Å²) in [4.78, 5) is 8.71. The molecule has 0 fully saturated rings. The number of hydrogen-bond donors (Lipinski definition) is 2. The van der Waals surface area contributed by atoms with Crippen LogP contribution in [0.1, 0.15) is 29.8 Å². The Morgan fingerprint density at radius 1 is 0.944 bits per heavy atom. The van der Waals surface area contributed by atoms with Crippen molar-refractivity contribution in [1.29, 1.82) is 0 Å². The van der Waals surface area contributed by atoms with Gasteiger partial charge < -0.3 is 30.2 Å². The minimum Gasteiger partial charge on any atom is -0.489 e. The van der Waals surface area contributed by atoms with Crippen molar-refractivity contribution in [3.63, 3.8) is 0 Å². The highest BCUT2D eigenvalue weighted by atomic mass is 16.5. The van der Waals surface area contributed by atoms with E-state index >= 15 is 0 Å². The van der Waals surface area contributed by atoms with E-state index in [-0.39, 0.29) is 6.10 Å². The van der Waals surface area contributed by atoms with Crippen molar-refractivity contribution >= 4 is 22.5 Å². The second-order valence-corrected chi connectivity index (χ2v) is 8.71. The standard InChI is InChI=1S/C28H25N5O3/c1-17-25-24(15-34-17)33(27-26(25)31-16-32-28(27)30)20-9-11-21(12-10-20)36-23-4-2-3-22(13-23)35-14-18-5-7-19(29)8-6-18/h2-13,16-17H,14-15,29H2,1H3,(H2,30,31,32). The van der Waals surface area contributed by atoms with Gasteiger partial charge in [-0.25, -0.2) is 9.97 Å². The highest BCUT2D eigenvalue weighted by Gasteiger charge is 2.30. The van der Waals surface area contributed by atoms with E-state index in [1.807, 2.05) is 79.7 Å². The van der Waals surface area contributed by atoms with Crippen LogP contribution < -0.4 is 20.9 Å². The summed E-state index contributed by atoms with van der Waals surface area (Å²) < 4.78 is 20.0. The Morgan fingerprint density at radius 2 is 1.72 bits per heavy atom. The van der Waals surface area contributed by atoms with E-state index in [9.17, 15) is 0 Å². The van der Waals surface area contributed by atoms with Crippen molar-refractivity contribution in [1.82, 2.24) is 14.5 Å². The minimum atomic E-state index is -0.0461. The molecular weight excluding hydrogens is 454 g/mol. The molecule has 1 unspecified atom stereocenters. The zero-order valence-corrected chi connectivity index (χ0v) is 19.7. The van der Waals surface area contributed by atoms with Crippen molar-refractivity contribution < 1.29 is 14.2 Å². The number of aromatic nitrogens is 3. The predicted octanol–water partition coefficient (Wildman–Crippen LogP) is 5.55. The van der Waals surface area contributed by atoms with Crippen molar-refractivity contribution in [2.45, 2.75) is 26.2 Å². The Hall–Kier alpha value is -4.56. The van der Waals surface area contributed by atoms with Crippen LogP contribution in [0.4, 0.5) is 11.5 Å². The fraction of sp³-hybridized carbons (Fsp3) is 0.143. The lowest BCUT2D eigenvalue weighted by Crippen LogP contribution is -2.03. The number of anilines is 2. The summed E-state index contributed by atoms with van der Waals surface area (Å²) in [5.41, 5.74) is 18.5. The van der Waals surface area contributed by atoms with Gasteiger partial charge in [-0.3, -0.25) is 0 Å². The predicted molar refractivity (Wildman–Crippen MR) is 138 cm³/mol. The highest BCUT2D eigenvalue weighted by Crippen LogP contribution is 2.41. The van der Waals surface area contributed by atoms with Crippen LogP contribution in [0.3, 0.4) is 0 Å². The van der Waals surface area contributed by atoms with Crippen LogP contribution in [-0.2, 0) is 18.0 Å². The Labute approximate surface area is 208 Å². The van der Waals surface area contributed by atoms with Gasteiger partial charge in [0.2, 0.25) is 0 Å². The number of fused-ring (bicyclic) bond motifs is 3. The molecule has 2 aromatic heterocycles. The van der Waals surface area contributed by atoms with Crippen LogP contribution in [0.15, 0.2) is 79.1 Å². The van der Waals surface area contributed by atoms with Crippen LogP contribution in [0.5, 0.6) is 17.2 Å². The lowest BCUT2D eigenvalue weighted by molar-refractivity contribution is 0.0783. The van der Waals surface area contributed by atoms with Gasteiger partial charge in [-0.15, -0.1) is 0 Å². The smallest absolute Gasteiger partial charge is 0.151 e. The average molecular weight is 480 g/mol. The zero-order valence-electron chi connectivity index (χ0n) is 19.7. The molecule has 3 aromatic carbocycles. The Bertz CT molecular complexity index is 1540. The number of nitrogen functional groups attached to an aromatic ring is 2. The maximum atomic E-state index is 6.26. The molecule has 3 heterocycles. The Morgan fingerprint density at radius 3 is 2.53 bits per heavy atom. The summed E-state index contributed by atoms with van der Waals surface area (Å²) in [6, 6.07) is 23.0. The number of nitrogens with two attached hydrogens (primary N) is 2. The molecule has 8 heteroatoms. The summed E-state index contributed by atoms with van der Waals surface area (Å²) in [5.74, 6) is 2.55. The molecule has 1 aliphatic rings. The largest absolute Gasteiger partial charge is 0.489 e. The molecule has 0 amide bonds. The van der Waals surface area contributed by atoms with Gasteiger partial charge in [0.05, 0.1) is 18.4 Å². The summed E-state index contributed by atoms with van der Waals surface area (Å²) in [7, 11) is 0. The number of nitrogens with zero attached hydrogens (tertiary/aromatic N) is 3. The Kier molecular flexibility index (Phi) is 5.42. The summed E-state index contributed by atoms with van der Waals surface area (Å²) in [6.45, 7) is 2.97. The van der Waals surface area contributed by atoms with E-state index in [0.29, 0.717) is 30.5 Å². The average Bonchev–Trinajstić information content (AvgIpc) is 3.43. The molecule has 180 valence electrons. The third kappa shape index (κ3) is 3.97. The monoisotopic (exact) mass is 479 g/mol. The van der Waals surface area contributed by atoms with Gasteiger partial charge in [0.15, 0.2) is 5.82 Å². The van der Waals surface area contributed by atoms with E-state index in [1.165, 1.54) is 6.33 Å². The second-order valence-electron chi connectivity index (χ2n) is 8.71. The SMILES string of the molecule is CC1OCc2c1c1ncnc(N)c1n2-c1ccc(Oc2cccc(OCc3ccc(N)cc3)c2)cc1. The van der Waals surface area contributed by atoms with Gasteiger partial charge in [-0.05, 0) is 61.0 Å². The lowest BCUT2D eigenvalue weighted by atomic mass is 10.1. The molecule has 0 aliphatic carbocycles. The fourth-order valence-electron chi connectivity index (χ4n) is 4.55. The zero-order chi connectivity index (χ0) is 24.6. The number of hydrogen-bond acceptors (Lipinski definition) is 7. The maximum Gasteiger partial charge on any atom is 0.151 e. The molecule has 0 spiro atoms. The van der Waals surface area contributed by atoms with E-state index < -0.39 is 0 Å². The van der Waals surface area contributed by atoms with Gasteiger partial charge in [0.25, 0.3) is 0 Å². The van der Waals surface area contributed by atoms with Crippen molar-refractivity contribution in [2.75, 3.05) is 11.5 Å². The first-order chi connectivity index (χ1) is 17.6. The van der Waals surface area contributed by atoms with Crippen molar-refractivity contribution in [3.8, 4) is 22.9 Å². The van der Waals surface area contributed by atoms with Gasteiger partial charge in [0, 0.05) is 23.0 Å². The van der Waals surface area contributed by atoms with Crippen LogP contribution in [0.25, 0.3) is 16.7 Å². The molecule has 1 atom stereocenters. The van der Waals surface area contributed by atoms with Gasteiger partial charge >= 0.3 is 0 Å². The first-order valence-electron chi connectivity index (χ1n) is 11.7. The summed E-state index contributed by atoms with van der Waals surface area (Å²) in [6.07, 6.45) is 1.45. The molecule has 1 aliphatic heterocycles. The molecule has 36 heavy (non-hydrogen) atoms. The van der Waals surface area contributed by atoms with E-state index in [0.717, 1.165) is 45.0 Å². The molecule has 5 aromatic rings. The first kappa shape index (κ1) is 21.9. The minimum absolute atomic E-state index is 0.0461. The fourth-order valence-corrected chi connectivity index (χ4v) is 4.55. The molecular formula is C28H25N5O3. The molecule has 4 N–H and O–H groups in total. The van der Waals surface area contributed by atoms with Crippen LogP contribution in [0.2, 0.25) is 0 Å². The van der Waals surface area contributed by atoms with Crippen LogP contribution in [-0.4, -0.2) is 14.5 Å². The molecule has 0 saturated carbocycles. The lowest BCUT2D eigenvalue weighted by Gasteiger charge is -2.12. The van der Waals surface area contributed by atoms with Crippen LogP contribution >= 0.6 is 0 Å². The summed E-state index contributed by atoms with van der Waals surface area (Å²) in [5, 5.41) is 0. The highest BCUT2D eigenvalue weighted by molar-refractivity contribution is 5.91. The van der Waals surface area contributed by atoms with E-state index in [1.54, 1.807) is 0 Å². The van der Waals surface area contributed by atoms with Gasteiger partial charge in [-0.2, -0.15) is 0 Å². The second kappa shape index (κ2) is 8.90. The molecule has 6 rings (SSSR count). The molecule has 0 saturated heterocycles. The van der Waals surface area contributed by atoms with Crippen molar-refractivity contribution in [2.24, 2.45) is 0 Å².